The molecule has 1 fully saturated rings. The first-order valence-electron chi connectivity index (χ1n) is 15.0. The number of nitriles is 1. The van der Waals surface area contributed by atoms with E-state index in [0.29, 0.717) is 33.8 Å². The molecule has 0 aromatic carbocycles. The highest BCUT2D eigenvalue weighted by Gasteiger charge is 2.49. The summed E-state index contributed by atoms with van der Waals surface area (Å²) >= 11 is 1.51. The van der Waals surface area contributed by atoms with Crippen molar-refractivity contribution in [2.45, 2.75) is 75.9 Å². The summed E-state index contributed by atoms with van der Waals surface area (Å²) in [5, 5.41) is 25.9. The Bertz CT molecular complexity index is 1780. The summed E-state index contributed by atoms with van der Waals surface area (Å²) in [7, 11) is 3.65. The Morgan fingerprint density at radius 3 is 2.86 bits per heavy atom. The quantitative estimate of drug-likeness (QED) is 0.326. The zero-order valence-electron chi connectivity index (χ0n) is 25.0. The van der Waals surface area contributed by atoms with Crippen LogP contribution in [0.15, 0.2) is 16.8 Å². The molecule has 5 heterocycles. The number of nitrogens with one attached hydrogen (secondary N) is 1. The van der Waals surface area contributed by atoms with Gasteiger partial charge in [-0.25, -0.2) is 9.67 Å². The number of rotatable bonds is 6. The van der Waals surface area contributed by atoms with Gasteiger partial charge in [0.05, 0.1) is 17.2 Å². The minimum Gasteiger partial charge on any atom is -0.473 e. The van der Waals surface area contributed by atoms with Gasteiger partial charge >= 0.3 is 0 Å². The molecule has 228 valence electrons. The molecule has 1 spiro atoms. The third-order valence-electron chi connectivity index (χ3n) is 9.37. The number of nitrogens with two attached hydrogens (primary N) is 1. The highest BCUT2D eigenvalue weighted by Crippen LogP contribution is 2.55. The standard InChI is InChI=1S/C30H34N10O3S/c1-16(20-8-6-12-39(20)3)42-23-13-22(40-15-19(36-38-40)29(41)33-2)34-28(35-23)25-17-7-4-10-30(26(17)43-37-25)11-5-9-21-24(30)18(14-31)27(32)44-21/h13,15-16,20H,4-12,32H2,1-3H3,(H,33,41)/t16-,20-,30-/m0/s1. The predicted octanol–water partition coefficient (Wildman–Crippen LogP) is 3.41. The first kappa shape index (κ1) is 28.4. The lowest BCUT2D eigenvalue weighted by Gasteiger charge is -2.39. The van der Waals surface area contributed by atoms with Gasteiger partial charge in [-0.2, -0.15) is 10.2 Å². The van der Waals surface area contributed by atoms with E-state index in [1.165, 1.54) is 29.3 Å². The highest BCUT2D eigenvalue weighted by atomic mass is 32.1. The Labute approximate surface area is 258 Å². The maximum absolute atomic E-state index is 12.2. The van der Waals surface area contributed by atoms with Crippen molar-refractivity contribution in [3.05, 3.63) is 45.3 Å². The Morgan fingerprint density at radius 2 is 2.11 bits per heavy atom. The lowest BCUT2D eigenvalue weighted by Crippen LogP contribution is -2.38. The molecule has 3 atom stereocenters. The maximum Gasteiger partial charge on any atom is 0.273 e. The lowest BCUT2D eigenvalue weighted by molar-refractivity contribution is 0.0958. The topological polar surface area (TPSA) is 174 Å². The van der Waals surface area contributed by atoms with Gasteiger partial charge in [0.1, 0.15) is 17.2 Å². The Kier molecular flexibility index (Phi) is 7.09. The number of hydrogen-bond donors (Lipinski definition) is 2. The molecule has 14 heteroatoms. The van der Waals surface area contributed by atoms with Crippen molar-refractivity contribution in [3.8, 4) is 29.3 Å². The fraction of sp³-hybridized carbons (Fsp3) is 0.500. The number of carbonyl (C=O) groups excluding carboxylic acids is 1. The number of carbonyl (C=O) groups is 1. The Hall–Kier alpha value is -4.35. The number of nitrogens with zero attached hydrogens (tertiary/aromatic N) is 8. The molecule has 1 saturated heterocycles. The van der Waals surface area contributed by atoms with E-state index >= 15 is 0 Å². The van der Waals surface area contributed by atoms with Crippen molar-refractivity contribution in [1.29, 1.82) is 5.26 Å². The van der Waals surface area contributed by atoms with E-state index in [4.69, 9.17) is 25.0 Å². The molecule has 7 rings (SSSR count). The van der Waals surface area contributed by atoms with Crippen molar-refractivity contribution in [2.75, 3.05) is 26.4 Å². The van der Waals surface area contributed by atoms with Gasteiger partial charge in [-0.1, -0.05) is 10.4 Å². The molecule has 3 aliphatic rings. The van der Waals surface area contributed by atoms with Gasteiger partial charge in [0.15, 0.2) is 28.8 Å². The molecular weight excluding hydrogens is 580 g/mol. The molecule has 0 radical (unpaired) electrons. The third-order valence-corrected chi connectivity index (χ3v) is 10.5. The second kappa shape index (κ2) is 11.0. The van der Waals surface area contributed by atoms with E-state index in [1.54, 1.807) is 6.07 Å². The monoisotopic (exact) mass is 614 g/mol. The van der Waals surface area contributed by atoms with Crippen LogP contribution in [0.1, 0.15) is 83.3 Å². The van der Waals surface area contributed by atoms with E-state index in [0.717, 1.165) is 79.7 Å². The normalized spacial score (nSPS) is 21.9. The van der Waals surface area contributed by atoms with Crippen molar-refractivity contribution in [2.24, 2.45) is 0 Å². The minimum absolute atomic E-state index is 0.126. The van der Waals surface area contributed by atoms with Crippen LogP contribution in [0.25, 0.3) is 17.3 Å². The molecule has 4 aromatic heterocycles. The largest absolute Gasteiger partial charge is 0.473 e. The van der Waals surface area contributed by atoms with Crippen molar-refractivity contribution >= 4 is 22.2 Å². The zero-order chi connectivity index (χ0) is 30.6. The van der Waals surface area contributed by atoms with Crippen LogP contribution in [0.5, 0.6) is 5.88 Å². The highest BCUT2D eigenvalue weighted by molar-refractivity contribution is 7.16. The van der Waals surface area contributed by atoms with Crippen LogP contribution < -0.4 is 15.8 Å². The second-order valence-electron chi connectivity index (χ2n) is 11.9. The second-order valence-corrected chi connectivity index (χ2v) is 13.0. The SMILES string of the molecule is CNC(=O)c1cn(-c2cc(O[C@@H](C)[C@@H]3CCCN3C)nc(-c3noc4c3CCC[C@@]43CCCc4sc(N)c(C#N)c43)n2)nn1. The first-order valence-corrected chi connectivity index (χ1v) is 15.9. The van der Waals surface area contributed by atoms with Crippen LogP contribution in [0.3, 0.4) is 0 Å². The number of likely N-dealkylation sites (tertiary alicyclic amines) is 1. The molecular formula is C30H34N10O3S. The molecule has 2 aliphatic carbocycles. The van der Waals surface area contributed by atoms with Crippen LogP contribution in [-0.4, -0.2) is 73.7 Å². The van der Waals surface area contributed by atoms with Gasteiger partial charge in [-0.05, 0) is 77.4 Å². The van der Waals surface area contributed by atoms with Gasteiger partial charge in [0, 0.05) is 29.6 Å². The number of anilines is 1. The zero-order valence-corrected chi connectivity index (χ0v) is 25.8. The van der Waals surface area contributed by atoms with Gasteiger partial charge in [0.2, 0.25) is 5.88 Å². The van der Waals surface area contributed by atoms with Crippen LogP contribution in [0.4, 0.5) is 5.00 Å². The molecule has 4 aromatic rings. The van der Waals surface area contributed by atoms with Crippen LogP contribution in [-0.2, 0) is 18.3 Å². The molecule has 13 nitrogen and oxygen atoms in total. The summed E-state index contributed by atoms with van der Waals surface area (Å²) in [6.45, 7) is 3.08. The number of fused-ring (bicyclic) bond motifs is 4. The van der Waals surface area contributed by atoms with E-state index in [2.05, 4.69) is 45.7 Å². The van der Waals surface area contributed by atoms with Crippen molar-refractivity contribution in [3.63, 3.8) is 0 Å². The fourth-order valence-electron chi connectivity index (χ4n) is 7.32. The number of ether oxygens (including phenoxy) is 1. The van der Waals surface area contributed by atoms with Crippen LogP contribution in [0.2, 0.25) is 0 Å². The van der Waals surface area contributed by atoms with Gasteiger partial charge in [0.25, 0.3) is 5.91 Å². The lowest BCUT2D eigenvalue weighted by atomic mass is 9.63. The predicted molar refractivity (Wildman–Crippen MR) is 162 cm³/mol. The summed E-state index contributed by atoms with van der Waals surface area (Å²) in [5.74, 6) is 1.51. The van der Waals surface area contributed by atoms with Crippen molar-refractivity contribution < 1.29 is 14.1 Å². The molecule has 1 amide bonds. The smallest absolute Gasteiger partial charge is 0.273 e. The van der Waals surface area contributed by atoms with Gasteiger partial charge in [-0.15, -0.1) is 16.4 Å². The summed E-state index contributed by atoms with van der Waals surface area (Å²) in [6.07, 6.45) is 8.78. The third kappa shape index (κ3) is 4.53. The average Bonchev–Trinajstić information content (AvgIpc) is 3.82. The molecule has 44 heavy (non-hydrogen) atoms. The summed E-state index contributed by atoms with van der Waals surface area (Å²) in [5.41, 5.74) is 9.07. The summed E-state index contributed by atoms with van der Waals surface area (Å²) in [6, 6.07) is 4.33. The molecule has 0 unspecified atom stereocenters. The average molecular weight is 615 g/mol. The number of amides is 1. The number of likely N-dealkylation sites (N-methyl/N-ethyl adjacent to an activating group) is 1. The maximum atomic E-state index is 12.2. The van der Waals surface area contributed by atoms with Gasteiger partial charge in [-0.3, -0.25) is 9.69 Å². The number of thiophene rings is 1. The summed E-state index contributed by atoms with van der Waals surface area (Å²) in [4.78, 5) is 25.3. The first-order chi connectivity index (χ1) is 21.3. The van der Waals surface area contributed by atoms with E-state index < -0.39 is 5.41 Å². The van der Waals surface area contributed by atoms with E-state index in [1.807, 2.05) is 0 Å². The Balaban J connectivity index is 1.33. The molecule has 3 N–H and O–H groups in total. The number of hydrogen-bond acceptors (Lipinski definition) is 12. The van der Waals surface area contributed by atoms with E-state index in [-0.39, 0.29) is 23.7 Å². The molecule has 1 aliphatic heterocycles. The molecule has 0 bridgehead atoms. The van der Waals surface area contributed by atoms with Crippen LogP contribution in [0, 0.1) is 11.3 Å². The number of aromatic nitrogens is 6. The van der Waals surface area contributed by atoms with Crippen molar-refractivity contribution in [1.82, 2.24) is 40.3 Å². The number of aryl methyl sites for hydroxylation is 1. The van der Waals surface area contributed by atoms with Crippen LogP contribution >= 0.6 is 11.3 Å². The number of nitrogen functional groups attached to an aromatic ring is 1. The van der Waals surface area contributed by atoms with E-state index in [9.17, 15) is 10.1 Å². The Morgan fingerprint density at radius 1 is 1.30 bits per heavy atom. The fourth-order valence-corrected chi connectivity index (χ4v) is 8.48. The minimum atomic E-state index is -0.460. The molecule has 0 saturated carbocycles. The van der Waals surface area contributed by atoms with Gasteiger partial charge < -0.3 is 20.3 Å². The summed E-state index contributed by atoms with van der Waals surface area (Å²) < 4.78 is 14.1.